The molecule has 0 aromatic rings. The number of likely N-dealkylation sites (N-methyl/N-ethyl adjacent to an activating group) is 1. The third kappa shape index (κ3) is 8.39. The molecule has 0 aromatic carbocycles. The van der Waals surface area contributed by atoms with Crippen LogP contribution in [0.1, 0.15) is 74.1 Å². The zero-order valence-electron chi connectivity index (χ0n) is 28.8. The fourth-order valence-electron chi connectivity index (χ4n) is 7.05. The first-order chi connectivity index (χ1) is 21.7. The summed E-state index contributed by atoms with van der Waals surface area (Å²) in [4.78, 5) is 47.1. The van der Waals surface area contributed by atoms with E-state index in [-0.39, 0.29) is 24.0 Å². The predicted octanol–water partition coefficient (Wildman–Crippen LogP) is 3.57. The van der Waals surface area contributed by atoms with Gasteiger partial charge in [0.2, 0.25) is 0 Å². The quantitative estimate of drug-likeness (QED) is 0.0714. The molecule has 0 saturated carbocycles. The summed E-state index contributed by atoms with van der Waals surface area (Å²) in [5.74, 6) is -2.97. The van der Waals surface area contributed by atoms with Crippen molar-refractivity contribution in [1.29, 1.82) is 0 Å². The lowest BCUT2D eigenvalue weighted by Gasteiger charge is -2.43. The number of carbonyl (C=O) groups is 3. The lowest BCUT2D eigenvalue weighted by Crippen LogP contribution is -2.60. The Balaban J connectivity index is 1.97. The monoisotopic (exact) mass is 650 g/mol. The van der Waals surface area contributed by atoms with E-state index in [4.69, 9.17) is 24.5 Å². The standard InChI is InChI=1S/C32H54N6O8/c1-10-24-32(7)28(38(31(42)46-32)16-12-11-14-35-36-33)22(6)34-15-13-18(2)27(20(4)25(39)21(5)29(41)44-24)45-30-26(40)23(37(8)9)17-19(3)43-30/h13,19-24,26-28,30,34,40H,10-12,14-17H2,1-9H3/b18-13+/t19-,20+,21-,22-,23?,24-,26?,27+,28-,30+,32-/m1/s1. The van der Waals surface area contributed by atoms with Gasteiger partial charge in [0.05, 0.1) is 18.2 Å². The maximum absolute atomic E-state index is 13.8. The van der Waals surface area contributed by atoms with E-state index in [9.17, 15) is 19.5 Å². The Hall–Kier alpha value is -2.74. The number of esters is 1. The Bertz CT molecular complexity index is 1160. The van der Waals surface area contributed by atoms with Crippen LogP contribution >= 0.6 is 0 Å². The van der Waals surface area contributed by atoms with Crippen molar-refractivity contribution >= 4 is 17.8 Å². The highest BCUT2D eigenvalue weighted by Crippen LogP contribution is 2.38. The molecule has 0 aliphatic carbocycles. The number of ketones is 1. The summed E-state index contributed by atoms with van der Waals surface area (Å²) in [6.07, 6.45) is -0.127. The Morgan fingerprint density at radius 2 is 1.91 bits per heavy atom. The number of unbranched alkanes of at least 4 members (excludes halogenated alkanes) is 1. The summed E-state index contributed by atoms with van der Waals surface area (Å²) in [6.45, 7) is 13.7. The summed E-state index contributed by atoms with van der Waals surface area (Å²) >= 11 is 0. The largest absolute Gasteiger partial charge is 0.458 e. The van der Waals surface area contributed by atoms with Gasteiger partial charge in [-0.3, -0.25) is 14.5 Å². The predicted molar refractivity (Wildman–Crippen MR) is 171 cm³/mol. The van der Waals surface area contributed by atoms with E-state index in [0.717, 1.165) is 5.57 Å². The zero-order valence-corrected chi connectivity index (χ0v) is 28.8. The highest BCUT2D eigenvalue weighted by molar-refractivity contribution is 6.00. The molecule has 2 fully saturated rings. The molecule has 260 valence electrons. The number of cyclic esters (lactones) is 1. The topological polar surface area (TPSA) is 176 Å². The first-order valence-electron chi connectivity index (χ1n) is 16.5. The van der Waals surface area contributed by atoms with Crippen molar-refractivity contribution in [3.63, 3.8) is 0 Å². The van der Waals surface area contributed by atoms with Crippen molar-refractivity contribution in [2.24, 2.45) is 17.0 Å². The average molecular weight is 651 g/mol. The number of aliphatic hydroxyl groups is 1. The minimum atomic E-state index is -1.20. The number of nitrogens with zero attached hydrogens (tertiary/aromatic N) is 5. The molecule has 3 heterocycles. The highest BCUT2D eigenvalue weighted by Gasteiger charge is 2.58. The van der Waals surface area contributed by atoms with Gasteiger partial charge >= 0.3 is 12.1 Å². The van der Waals surface area contributed by atoms with Crippen molar-refractivity contribution in [3.8, 4) is 0 Å². The minimum Gasteiger partial charge on any atom is -0.458 e. The number of ether oxygens (including phenoxy) is 4. The molecule has 46 heavy (non-hydrogen) atoms. The second-order valence-corrected chi connectivity index (χ2v) is 13.4. The van der Waals surface area contributed by atoms with E-state index in [0.29, 0.717) is 45.3 Å². The van der Waals surface area contributed by atoms with E-state index >= 15 is 0 Å². The van der Waals surface area contributed by atoms with Crippen molar-refractivity contribution in [2.75, 3.05) is 33.7 Å². The molecule has 14 nitrogen and oxygen atoms in total. The van der Waals surface area contributed by atoms with E-state index < -0.39 is 60.1 Å². The van der Waals surface area contributed by atoms with Gasteiger partial charge < -0.3 is 34.3 Å². The average Bonchev–Trinajstić information content (AvgIpc) is 3.27. The normalized spacial score (nSPS) is 39.1. The van der Waals surface area contributed by atoms with Crippen molar-refractivity contribution in [3.05, 3.63) is 22.1 Å². The smallest absolute Gasteiger partial charge is 0.410 e. The van der Waals surface area contributed by atoms with Gasteiger partial charge in [-0.05, 0) is 85.5 Å². The third-order valence-electron chi connectivity index (χ3n) is 9.73. The maximum atomic E-state index is 13.8. The molecule has 14 heteroatoms. The first-order valence-corrected chi connectivity index (χ1v) is 16.5. The van der Waals surface area contributed by atoms with Crippen molar-refractivity contribution in [1.82, 2.24) is 15.1 Å². The molecule has 0 radical (unpaired) electrons. The second kappa shape index (κ2) is 16.4. The van der Waals surface area contributed by atoms with Crippen LogP contribution in [0.4, 0.5) is 4.79 Å². The van der Waals surface area contributed by atoms with Gasteiger partial charge in [-0.25, -0.2) is 4.79 Å². The molecule has 2 N–H and O–H groups in total. The molecule has 3 aliphatic rings. The molecular weight excluding hydrogens is 596 g/mol. The molecule has 11 atom stereocenters. The van der Waals surface area contributed by atoms with Crippen LogP contribution in [0.2, 0.25) is 0 Å². The molecule has 3 rings (SSSR count). The van der Waals surface area contributed by atoms with Crippen LogP contribution in [0.15, 0.2) is 16.8 Å². The number of hydrogen-bond acceptors (Lipinski definition) is 11. The van der Waals surface area contributed by atoms with E-state index in [2.05, 4.69) is 15.3 Å². The van der Waals surface area contributed by atoms with E-state index in [1.165, 1.54) is 6.92 Å². The van der Waals surface area contributed by atoms with Crippen LogP contribution in [0.5, 0.6) is 0 Å². The number of amides is 1. The van der Waals surface area contributed by atoms with Crippen molar-refractivity contribution in [2.45, 2.75) is 129 Å². The summed E-state index contributed by atoms with van der Waals surface area (Å²) in [6, 6.07) is -1.01. The Morgan fingerprint density at radius 1 is 1.22 bits per heavy atom. The van der Waals surface area contributed by atoms with Gasteiger partial charge in [0, 0.05) is 42.5 Å². The Labute approximate surface area is 272 Å². The van der Waals surface area contributed by atoms with Crippen LogP contribution in [-0.4, -0.2) is 121 Å². The third-order valence-corrected chi connectivity index (χ3v) is 9.73. The van der Waals surface area contributed by atoms with Crippen LogP contribution in [-0.2, 0) is 28.5 Å². The van der Waals surface area contributed by atoms with E-state index in [1.807, 2.05) is 52.8 Å². The lowest BCUT2D eigenvalue weighted by atomic mass is 9.83. The van der Waals surface area contributed by atoms with Gasteiger partial charge in [-0.15, -0.1) is 0 Å². The number of nitrogens with one attached hydrogen (secondary N) is 1. The van der Waals surface area contributed by atoms with Gasteiger partial charge in [0.1, 0.15) is 18.1 Å². The van der Waals surface area contributed by atoms with Crippen LogP contribution in [0.25, 0.3) is 10.4 Å². The SMILES string of the molecule is CC[C@H]1OC(=O)[C@H](C)C(=O)[C@H](C)[C@@H](O[C@@H]2O[C@H](C)CC(N(C)C)C2O)/C(C)=C/CN[C@H](C)[C@H]2N(CCCCN=[N+]=[N-])C(=O)O[C@]12C. The molecule has 0 bridgehead atoms. The maximum Gasteiger partial charge on any atom is 0.410 e. The van der Waals surface area contributed by atoms with Gasteiger partial charge in [-0.2, -0.15) is 0 Å². The molecule has 2 saturated heterocycles. The minimum absolute atomic E-state index is 0.176. The lowest BCUT2D eigenvalue weighted by molar-refractivity contribution is -0.267. The number of aliphatic hydroxyl groups excluding tert-OH is 1. The number of azide groups is 1. The fraction of sp³-hybridized carbons (Fsp3) is 0.844. The highest BCUT2D eigenvalue weighted by atomic mass is 16.7. The zero-order chi connectivity index (χ0) is 34.3. The molecule has 2 unspecified atom stereocenters. The van der Waals surface area contributed by atoms with Crippen molar-refractivity contribution < 1.29 is 38.4 Å². The Kier molecular flexibility index (Phi) is 13.4. The molecular formula is C32H54N6O8. The van der Waals surface area contributed by atoms with Crippen LogP contribution in [0, 0.1) is 11.8 Å². The molecule has 3 aliphatic heterocycles. The van der Waals surface area contributed by atoms with Gasteiger partial charge in [0.25, 0.3) is 0 Å². The van der Waals surface area contributed by atoms with Gasteiger partial charge in [-0.1, -0.05) is 25.0 Å². The molecule has 0 aromatic heterocycles. The number of hydrogen-bond donors (Lipinski definition) is 2. The number of fused-ring (bicyclic) bond motifs is 1. The second-order valence-electron chi connectivity index (χ2n) is 13.4. The van der Waals surface area contributed by atoms with Crippen LogP contribution < -0.4 is 5.32 Å². The first kappa shape index (κ1) is 37.7. The van der Waals surface area contributed by atoms with E-state index in [1.54, 1.807) is 18.7 Å². The number of carbonyl (C=O) groups excluding carboxylic acids is 3. The van der Waals surface area contributed by atoms with Crippen LogP contribution in [0.3, 0.4) is 0 Å². The summed E-state index contributed by atoms with van der Waals surface area (Å²) < 4.78 is 24.5. The Morgan fingerprint density at radius 3 is 2.54 bits per heavy atom. The molecule has 0 spiro atoms. The number of rotatable bonds is 9. The number of Topliss-reactive ketones (excluding diaryl/α,β-unsaturated/α-hetero) is 1. The fourth-order valence-corrected chi connectivity index (χ4v) is 7.05. The summed E-state index contributed by atoms with van der Waals surface area (Å²) in [5.41, 5.74) is 8.13. The van der Waals surface area contributed by atoms with Gasteiger partial charge in [0.15, 0.2) is 17.7 Å². The molecule has 1 amide bonds. The summed E-state index contributed by atoms with van der Waals surface area (Å²) in [7, 11) is 3.79. The summed E-state index contributed by atoms with van der Waals surface area (Å²) in [5, 5.41) is 18.2.